The van der Waals surface area contributed by atoms with E-state index in [0.29, 0.717) is 12.1 Å². The van der Waals surface area contributed by atoms with Crippen LogP contribution in [-0.4, -0.2) is 26.6 Å². The number of nitrogen functional groups attached to an aromatic ring is 1. The number of pyridine rings is 1. The molecule has 0 radical (unpaired) electrons. The fraction of sp³-hybridized carbons (Fsp3) is 0.556. The molecule has 3 N–H and O–H groups in total. The number of rotatable bonds is 3. The second-order valence-electron chi connectivity index (χ2n) is 8.01. The Bertz CT molecular complexity index is 993. The van der Waals surface area contributed by atoms with Crippen LogP contribution in [0.4, 0.5) is 5.82 Å². The van der Waals surface area contributed by atoms with Crippen LogP contribution >= 0.6 is 0 Å². The molecule has 1 amide bonds. The number of nitrogens with zero attached hydrogens (tertiary/aromatic N) is 3. The van der Waals surface area contributed by atoms with Crippen LogP contribution in [0.3, 0.4) is 0 Å². The molecule has 0 atom stereocenters. The van der Waals surface area contributed by atoms with E-state index in [0.717, 1.165) is 4.57 Å². The van der Waals surface area contributed by atoms with Crippen molar-refractivity contribution in [2.75, 3.05) is 12.3 Å². The van der Waals surface area contributed by atoms with Crippen molar-refractivity contribution in [1.29, 1.82) is 0 Å². The maximum Gasteiger partial charge on any atom is 0.332 e. The van der Waals surface area contributed by atoms with Gasteiger partial charge in [0.15, 0.2) is 5.65 Å². The zero-order chi connectivity index (χ0) is 20.0. The van der Waals surface area contributed by atoms with E-state index in [9.17, 15) is 14.4 Å². The Morgan fingerprint density at radius 3 is 2.27 bits per heavy atom. The van der Waals surface area contributed by atoms with E-state index >= 15 is 0 Å². The molecule has 0 unspecified atom stereocenters. The van der Waals surface area contributed by atoms with E-state index in [2.05, 4.69) is 10.3 Å². The van der Waals surface area contributed by atoms with Crippen LogP contribution < -0.4 is 22.3 Å². The Morgan fingerprint density at radius 1 is 1.19 bits per heavy atom. The van der Waals surface area contributed by atoms with Gasteiger partial charge in [0.2, 0.25) is 0 Å². The van der Waals surface area contributed by atoms with Gasteiger partial charge in [0.05, 0.1) is 10.9 Å². The van der Waals surface area contributed by atoms with Gasteiger partial charge in [0, 0.05) is 20.6 Å². The number of anilines is 1. The summed E-state index contributed by atoms with van der Waals surface area (Å²) in [5, 5.41) is 3.08. The number of aromatic nitrogens is 3. The van der Waals surface area contributed by atoms with Gasteiger partial charge in [-0.05, 0) is 16.9 Å². The molecule has 0 saturated heterocycles. The highest BCUT2D eigenvalue weighted by molar-refractivity contribution is 6.04. The number of nitrogens with two attached hydrogens (primary N) is 1. The highest BCUT2D eigenvalue weighted by atomic mass is 16.2. The molecular weight excluding hydrogens is 334 g/mol. The fourth-order valence-corrected chi connectivity index (χ4v) is 2.97. The lowest BCUT2D eigenvalue weighted by atomic mass is 9.82. The first kappa shape index (κ1) is 19.7. The molecular formula is C18H27N5O3. The summed E-state index contributed by atoms with van der Waals surface area (Å²) in [6.07, 6.45) is 0. The van der Waals surface area contributed by atoms with E-state index < -0.39 is 16.7 Å². The fourth-order valence-electron chi connectivity index (χ4n) is 2.97. The van der Waals surface area contributed by atoms with Gasteiger partial charge in [0.25, 0.3) is 11.5 Å². The molecule has 0 aliphatic rings. The predicted molar refractivity (Wildman–Crippen MR) is 103 cm³/mol. The molecule has 0 spiro atoms. The number of carbonyl (C=O) groups is 1. The van der Waals surface area contributed by atoms with Crippen LogP contribution in [0.1, 0.15) is 50.5 Å². The molecule has 0 saturated carbocycles. The first-order chi connectivity index (χ1) is 11.9. The number of amides is 1. The van der Waals surface area contributed by atoms with Crippen molar-refractivity contribution in [2.24, 2.45) is 20.0 Å². The van der Waals surface area contributed by atoms with Gasteiger partial charge in [-0.3, -0.25) is 18.7 Å². The minimum Gasteiger partial charge on any atom is -0.383 e. The number of fused-ring (bicyclic) bond motifs is 1. The van der Waals surface area contributed by atoms with Crippen molar-refractivity contribution in [3.63, 3.8) is 0 Å². The first-order valence-electron chi connectivity index (χ1n) is 8.55. The van der Waals surface area contributed by atoms with Crippen LogP contribution in [0, 0.1) is 5.92 Å². The minimum absolute atomic E-state index is 0.00642. The monoisotopic (exact) mass is 361 g/mol. The summed E-state index contributed by atoms with van der Waals surface area (Å²) >= 11 is 0. The second-order valence-corrected chi connectivity index (χ2v) is 8.01. The number of carbonyl (C=O) groups excluding carboxylic acids is 1. The lowest BCUT2D eigenvalue weighted by Crippen LogP contribution is -2.40. The lowest BCUT2D eigenvalue weighted by molar-refractivity contribution is 0.0947. The Kier molecular flexibility index (Phi) is 4.98. The molecule has 8 heteroatoms. The van der Waals surface area contributed by atoms with E-state index in [1.807, 2.05) is 34.6 Å². The third kappa shape index (κ3) is 3.23. The normalized spacial score (nSPS) is 12.0. The Hall–Kier alpha value is -2.64. The van der Waals surface area contributed by atoms with Gasteiger partial charge in [-0.2, -0.15) is 0 Å². The van der Waals surface area contributed by atoms with Crippen LogP contribution in [-0.2, 0) is 19.5 Å². The lowest BCUT2D eigenvalue weighted by Gasteiger charge is -2.25. The van der Waals surface area contributed by atoms with Crippen LogP contribution in [0.25, 0.3) is 11.0 Å². The van der Waals surface area contributed by atoms with Gasteiger partial charge in [-0.1, -0.05) is 34.6 Å². The van der Waals surface area contributed by atoms with Crippen molar-refractivity contribution in [1.82, 2.24) is 19.4 Å². The van der Waals surface area contributed by atoms with Crippen molar-refractivity contribution >= 4 is 22.8 Å². The number of nitrogens with one attached hydrogen (secondary N) is 1. The number of aryl methyl sites for hydroxylation is 1. The van der Waals surface area contributed by atoms with E-state index in [4.69, 9.17) is 5.73 Å². The molecule has 8 nitrogen and oxygen atoms in total. The summed E-state index contributed by atoms with van der Waals surface area (Å²) in [5.41, 5.74) is 5.43. The van der Waals surface area contributed by atoms with Crippen LogP contribution in [0.15, 0.2) is 9.59 Å². The van der Waals surface area contributed by atoms with Crippen molar-refractivity contribution < 1.29 is 4.79 Å². The van der Waals surface area contributed by atoms with Gasteiger partial charge in [0.1, 0.15) is 5.82 Å². The summed E-state index contributed by atoms with van der Waals surface area (Å²) in [7, 11) is 2.94. The van der Waals surface area contributed by atoms with E-state index in [-0.39, 0.29) is 34.2 Å². The standard InChI is InChI=1S/C18H27N5O3/c1-9(2)8-20-15(24)10-12(18(3,4)5)11-14(21-13(10)19)22(6)17(26)23(7)16(11)25/h9H,8H2,1-7H3,(H2,19,21)(H,20,24). The zero-order valence-electron chi connectivity index (χ0n) is 16.4. The summed E-state index contributed by atoms with van der Waals surface area (Å²) < 4.78 is 2.30. The molecule has 0 fully saturated rings. The maximum absolute atomic E-state index is 12.9. The highest BCUT2D eigenvalue weighted by Crippen LogP contribution is 2.33. The quantitative estimate of drug-likeness (QED) is 0.843. The van der Waals surface area contributed by atoms with Crippen LogP contribution in [0.2, 0.25) is 0 Å². The topological polar surface area (TPSA) is 112 Å². The largest absolute Gasteiger partial charge is 0.383 e. The van der Waals surface area contributed by atoms with Gasteiger partial charge in [-0.25, -0.2) is 9.78 Å². The summed E-state index contributed by atoms with van der Waals surface area (Å²) in [4.78, 5) is 42.1. The maximum atomic E-state index is 12.9. The molecule has 2 heterocycles. The smallest absolute Gasteiger partial charge is 0.332 e. The third-order valence-electron chi connectivity index (χ3n) is 4.26. The molecule has 26 heavy (non-hydrogen) atoms. The molecule has 142 valence electrons. The van der Waals surface area contributed by atoms with E-state index in [1.165, 1.54) is 18.7 Å². The summed E-state index contributed by atoms with van der Waals surface area (Å²) in [6.45, 7) is 10.1. The Labute approximate surface area is 152 Å². The number of hydrogen-bond donors (Lipinski definition) is 2. The van der Waals surface area contributed by atoms with Crippen molar-refractivity contribution in [3.05, 3.63) is 32.0 Å². The minimum atomic E-state index is -0.566. The van der Waals surface area contributed by atoms with Gasteiger partial charge >= 0.3 is 5.69 Å². The third-order valence-corrected chi connectivity index (χ3v) is 4.26. The Morgan fingerprint density at radius 2 is 1.77 bits per heavy atom. The summed E-state index contributed by atoms with van der Waals surface area (Å²) in [5.74, 6) is -0.0984. The van der Waals surface area contributed by atoms with Gasteiger partial charge < -0.3 is 11.1 Å². The molecule has 0 aliphatic heterocycles. The van der Waals surface area contributed by atoms with Crippen molar-refractivity contribution in [3.8, 4) is 0 Å². The predicted octanol–water partition coefficient (Wildman–Crippen LogP) is 0.898. The number of hydrogen-bond acceptors (Lipinski definition) is 5. The Balaban J connectivity index is 2.99. The highest BCUT2D eigenvalue weighted by Gasteiger charge is 2.30. The SMILES string of the molecule is CC(C)CNC(=O)c1c(N)nc2c(c1C(C)(C)C)c(=O)n(C)c(=O)n2C. The molecule has 0 aliphatic carbocycles. The molecule has 2 aromatic rings. The molecule has 2 rings (SSSR count). The zero-order valence-corrected chi connectivity index (χ0v) is 16.4. The average molecular weight is 361 g/mol. The molecule has 0 aromatic carbocycles. The molecule has 0 bridgehead atoms. The van der Waals surface area contributed by atoms with Gasteiger partial charge in [-0.15, -0.1) is 0 Å². The van der Waals surface area contributed by atoms with Crippen molar-refractivity contribution in [2.45, 2.75) is 40.0 Å². The second kappa shape index (κ2) is 6.59. The van der Waals surface area contributed by atoms with E-state index in [1.54, 1.807) is 0 Å². The first-order valence-corrected chi connectivity index (χ1v) is 8.55. The summed E-state index contributed by atoms with van der Waals surface area (Å²) in [6, 6.07) is 0. The van der Waals surface area contributed by atoms with Crippen LogP contribution in [0.5, 0.6) is 0 Å². The average Bonchev–Trinajstić information content (AvgIpc) is 2.53. The molecule has 2 aromatic heterocycles.